The Hall–Kier alpha value is -2.60. The molecule has 0 aromatic heterocycles. The van der Waals surface area contributed by atoms with E-state index in [1.165, 1.54) is 0 Å². The van der Waals surface area contributed by atoms with Gasteiger partial charge in [-0.15, -0.1) is 0 Å². The van der Waals surface area contributed by atoms with Crippen LogP contribution in [0, 0.1) is 11.3 Å². The zero-order valence-electron chi connectivity index (χ0n) is 11.3. The molecule has 3 heteroatoms. The Morgan fingerprint density at radius 2 is 1.65 bits per heavy atom. The largest absolute Gasteiger partial charge is 0.334 e. The molecule has 2 aromatic rings. The van der Waals surface area contributed by atoms with Crippen LogP contribution < -0.4 is 5.32 Å². The summed E-state index contributed by atoms with van der Waals surface area (Å²) in [5, 5.41) is 12.2. The van der Waals surface area contributed by atoms with Gasteiger partial charge >= 0.3 is 0 Å². The molecule has 1 unspecified atom stereocenters. The number of hydrogen-bond acceptors (Lipinski definition) is 2. The second kappa shape index (κ2) is 6.03. The quantitative estimate of drug-likeness (QED) is 0.923. The first-order chi connectivity index (χ1) is 9.64. The van der Waals surface area contributed by atoms with Gasteiger partial charge in [0.05, 0.1) is 12.5 Å². The van der Waals surface area contributed by atoms with E-state index in [2.05, 4.69) is 11.4 Å². The molecular formula is C17H16N2O. The van der Waals surface area contributed by atoms with E-state index in [-0.39, 0.29) is 12.3 Å². The van der Waals surface area contributed by atoms with Gasteiger partial charge in [-0.25, -0.2) is 0 Å². The minimum Gasteiger partial charge on any atom is -0.334 e. The van der Waals surface area contributed by atoms with Crippen molar-refractivity contribution in [3.8, 4) is 6.07 Å². The van der Waals surface area contributed by atoms with Gasteiger partial charge in [-0.2, -0.15) is 5.26 Å². The number of hydrogen-bond donors (Lipinski definition) is 1. The Morgan fingerprint density at radius 3 is 2.20 bits per heavy atom. The standard InChI is InChI=1S/C17H16N2O/c1-17(13-18,15-10-6-3-7-11-15)19-16(20)12-14-8-4-2-5-9-14/h2-11H,12H2,1H3,(H,19,20). The molecule has 1 N–H and O–H groups in total. The number of carbonyl (C=O) groups is 1. The zero-order valence-corrected chi connectivity index (χ0v) is 11.3. The summed E-state index contributed by atoms with van der Waals surface area (Å²) in [6.07, 6.45) is 0.269. The van der Waals surface area contributed by atoms with Crippen molar-refractivity contribution < 1.29 is 4.79 Å². The summed E-state index contributed by atoms with van der Waals surface area (Å²) in [4.78, 5) is 12.1. The second-order valence-electron chi connectivity index (χ2n) is 4.81. The number of benzene rings is 2. The van der Waals surface area contributed by atoms with Gasteiger partial charge in [-0.05, 0) is 18.1 Å². The fourth-order valence-electron chi connectivity index (χ4n) is 2.04. The molecular weight excluding hydrogens is 248 g/mol. The van der Waals surface area contributed by atoms with E-state index in [0.717, 1.165) is 11.1 Å². The molecule has 0 heterocycles. The van der Waals surface area contributed by atoms with Crippen molar-refractivity contribution >= 4 is 5.91 Å². The summed E-state index contributed by atoms with van der Waals surface area (Å²) in [5.41, 5.74) is 0.704. The van der Waals surface area contributed by atoms with Gasteiger partial charge in [-0.3, -0.25) is 4.79 Å². The van der Waals surface area contributed by atoms with E-state index >= 15 is 0 Å². The monoisotopic (exact) mass is 264 g/mol. The van der Waals surface area contributed by atoms with Gasteiger partial charge in [-0.1, -0.05) is 60.7 Å². The van der Waals surface area contributed by atoms with Crippen molar-refractivity contribution in [1.82, 2.24) is 5.32 Å². The summed E-state index contributed by atoms with van der Waals surface area (Å²) in [5.74, 6) is -0.163. The van der Waals surface area contributed by atoms with E-state index in [0.29, 0.717) is 0 Å². The molecule has 0 aliphatic rings. The first-order valence-corrected chi connectivity index (χ1v) is 6.46. The van der Waals surface area contributed by atoms with E-state index in [9.17, 15) is 10.1 Å². The first-order valence-electron chi connectivity index (χ1n) is 6.46. The van der Waals surface area contributed by atoms with E-state index in [1.54, 1.807) is 6.92 Å². The van der Waals surface area contributed by atoms with Crippen molar-refractivity contribution in [2.75, 3.05) is 0 Å². The van der Waals surface area contributed by atoms with Crippen LogP contribution in [-0.2, 0) is 16.8 Å². The summed E-state index contributed by atoms with van der Waals surface area (Å²) in [6.45, 7) is 1.71. The van der Waals surface area contributed by atoms with Gasteiger partial charge in [0.15, 0.2) is 0 Å². The lowest BCUT2D eigenvalue weighted by Crippen LogP contribution is -2.43. The molecule has 2 rings (SSSR count). The minimum absolute atomic E-state index is 0.163. The van der Waals surface area contributed by atoms with Crippen LogP contribution in [0.25, 0.3) is 0 Å². The molecule has 0 radical (unpaired) electrons. The Labute approximate surface area is 118 Å². The van der Waals surface area contributed by atoms with Gasteiger partial charge in [0.25, 0.3) is 0 Å². The van der Waals surface area contributed by atoms with Crippen molar-refractivity contribution in [3.05, 3.63) is 71.8 Å². The average molecular weight is 264 g/mol. The summed E-state index contributed by atoms with van der Waals surface area (Å²) >= 11 is 0. The van der Waals surface area contributed by atoms with Gasteiger partial charge in [0, 0.05) is 0 Å². The maximum Gasteiger partial charge on any atom is 0.225 e. The number of nitrogens with zero attached hydrogens (tertiary/aromatic N) is 1. The molecule has 1 amide bonds. The summed E-state index contributed by atoms with van der Waals surface area (Å²) in [7, 11) is 0. The highest BCUT2D eigenvalue weighted by molar-refractivity contribution is 5.80. The fraction of sp³-hybridized carbons (Fsp3) is 0.176. The molecule has 0 saturated heterocycles. The lowest BCUT2D eigenvalue weighted by molar-refractivity contribution is -0.121. The molecule has 3 nitrogen and oxygen atoms in total. The number of nitriles is 1. The second-order valence-corrected chi connectivity index (χ2v) is 4.81. The maximum absolute atomic E-state index is 12.1. The molecule has 2 aromatic carbocycles. The van der Waals surface area contributed by atoms with Crippen molar-refractivity contribution in [3.63, 3.8) is 0 Å². The van der Waals surface area contributed by atoms with Crippen LogP contribution in [0.15, 0.2) is 60.7 Å². The molecule has 100 valence electrons. The summed E-state index contributed by atoms with van der Waals surface area (Å²) < 4.78 is 0. The summed E-state index contributed by atoms with van der Waals surface area (Å²) in [6, 6.07) is 20.9. The Balaban J connectivity index is 2.11. The number of amides is 1. The normalized spacial score (nSPS) is 13.0. The van der Waals surface area contributed by atoms with Crippen LogP contribution in [0.4, 0.5) is 0 Å². The van der Waals surface area contributed by atoms with E-state index in [4.69, 9.17) is 0 Å². The first kappa shape index (κ1) is 13.8. The van der Waals surface area contributed by atoms with Crippen molar-refractivity contribution in [2.24, 2.45) is 0 Å². The lowest BCUT2D eigenvalue weighted by atomic mass is 9.93. The van der Waals surface area contributed by atoms with E-state index < -0.39 is 5.54 Å². The molecule has 0 aliphatic heterocycles. The van der Waals surface area contributed by atoms with Crippen LogP contribution in [-0.4, -0.2) is 5.91 Å². The maximum atomic E-state index is 12.1. The third-order valence-corrected chi connectivity index (χ3v) is 3.17. The molecule has 0 bridgehead atoms. The smallest absolute Gasteiger partial charge is 0.225 e. The average Bonchev–Trinajstić information content (AvgIpc) is 2.49. The predicted molar refractivity (Wildman–Crippen MR) is 77.7 cm³/mol. The Kier molecular flexibility index (Phi) is 4.17. The van der Waals surface area contributed by atoms with E-state index in [1.807, 2.05) is 60.7 Å². The van der Waals surface area contributed by atoms with Crippen LogP contribution >= 0.6 is 0 Å². The molecule has 20 heavy (non-hydrogen) atoms. The molecule has 0 fully saturated rings. The third-order valence-electron chi connectivity index (χ3n) is 3.17. The van der Waals surface area contributed by atoms with Gasteiger partial charge in [0.2, 0.25) is 5.91 Å². The zero-order chi connectivity index (χ0) is 14.4. The van der Waals surface area contributed by atoms with Gasteiger partial charge < -0.3 is 5.32 Å². The SMILES string of the molecule is CC(C#N)(NC(=O)Cc1ccccc1)c1ccccc1. The molecule has 0 spiro atoms. The van der Waals surface area contributed by atoms with Crippen LogP contribution in [0.2, 0.25) is 0 Å². The van der Waals surface area contributed by atoms with Crippen molar-refractivity contribution in [1.29, 1.82) is 5.26 Å². The Bertz CT molecular complexity index is 616. The Morgan fingerprint density at radius 1 is 1.10 bits per heavy atom. The number of nitrogens with one attached hydrogen (secondary N) is 1. The fourth-order valence-corrected chi connectivity index (χ4v) is 2.04. The molecule has 0 saturated carbocycles. The number of rotatable bonds is 4. The van der Waals surface area contributed by atoms with Gasteiger partial charge in [0.1, 0.15) is 5.54 Å². The van der Waals surface area contributed by atoms with Crippen molar-refractivity contribution in [2.45, 2.75) is 18.9 Å². The topological polar surface area (TPSA) is 52.9 Å². The highest BCUT2D eigenvalue weighted by atomic mass is 16.1. The van der Waals surface area contributed by atoms with Crippen LogP contribution in [0.1, 0.15) is 18.1 Å². The van der Waals surface area contributed by atoms with Crippen LogP contribution in [0.3, 0.4) is 0 Å². The lowest BCUT2D eigenvalue weighted by Gasteiger charge is -2.23. The highest BCUT2D eigenvalue weighted by Crippen LogP contribution is 2.19. The number of carbonyl (C=O) groups excluding carboxylic acids is 1. The third kappa shape index (κ3) is 3.24. The highest BCUT2D eigenvalue weighted by Gasteiger charge is 2.28. The van der Waals surface area contributed by atoms with Crippen LogP contribution in [0.5, 0.6) is 0 Å². The molecule has 0 aliphatic carbocycles. The minimum atomic E-state index is -1.01. The predicted octanol–water partition coefficient (Wildman–Crippen LogP) is 2.78. The molecule has 1 atom stereocenters.